The van der Waals surface area contributed by atoms with Gasteiger partial charge in [-0.15, -0.1) is 0 Å². The Hall–Kier alpha value is -1.91. The van der Waals surface area contributed by atoms with Gasteiger partial charge in [-0.25, -0.2) is 0 Å². The minimum Gasteiger partial charge on any atom is -0.342 e. The molecule has 5 nitrogen and oxygen atoms in total. The SMILES string of the molecule is Cc1cccc(CN2C(=O)CCC23CCN(C(=O)C(C)(C)C)CC3)n1. The lowest BCUT2D eigenvalue weighted by molar-refractivity contribution is -0.143. The monoisotopic (exact) mass is 343 g/mol. The number of pyridine rings is 1. The van der Waals surface area contributed by atoms with Crippen molar-refractivity contribution in [2.45, 2.75) is 65.5 Å². The Morgan fingerprint density at radius 2 is 1.88 bits per heavy atom. The van der Waals surface area contributed by atoms with Crippen LogP contribution < -0.4 is 0 Å². The summed E-state index contributed by atoms with van der Waals surface area (Å²) in [6, 6.07) is 5.96. The number of carbonyl (C=O) groups is 2. The van der Waals surface area contributed by atoms with E-state index < -0.39 is 0 Å². The zero-order valence-corrected chi connectivity index (χ0v) is 15.8. The van der Waals surface area contributed by atoms with Crippen molar-refractivity contribution < 1.29 is 9.59 Å². The topological polar surface area (TPSA) is 53.5 Å². The number of aromatic nitrogens is 1. The molecule has 136 valence electrons. The molecule has 3 heterocycles. The minimum atomic E-state index is -0.346. The minimum absolute atomic E-state index is 0.100. The third-order valence-electron chi connectivity index (χ3n) is 5.57. The first-order valence-corrected chi connectivity index (χ1v) is 9.24. The largest absolute Gasteiger partial charge is 0.342 e. The van der Waals surface area contributed by atoms with Crippen molar-refractivity contribution in [3.05, 3.63) is 29.6 Å². The number of carbonyl (C=O) groups excluding carboxylic acids is 2. The van der Waals surface area contributed by atoms with Crippen molar-refractivity contribution in [1.82, 2.24) is 14.8 Å². The highest BCUT2D eigenvalue weighted by Crippen LogP contribution is 2.40. The molecule has 1 aromatic heterocycles. The molecule has 2 fully saturated rings. The summed E-state index contributed by atoms with van der Waals surface area (Å²) in [5.74, 6) is 0.428. The van der Waals surface area contributed by atoms with Crippen molar-refractivity contribution in [3.63, 3.8) is 0 Å². The number of likely N-dealkylation sites (tertiary alicyclic amines) is 2. The third kappa shape index (κ3) is 3.55. The average molecular weight is 343 g/mol. The Balaban J connectivity index is 1.73. The fraction of sp³-hybridized carbons (Fsp3) is 0.650. The van der Waals surface area contributed by atoms with Gasteiger partial charge >= 0.3 is 0 Å². The second kappa shape index (κ2) is 6.43. The molecule has 0 radical (unpaired) electrons. The van der Waals surface area contributed by atoms with Crippen LogP contribution in [0.1, 0.15) is 57.8 Å². The van der Waals surface area contributed by atoms with Gasteiger partial charge in [0.05, 0.1) is 12.2 Å². The highest BCUT2D eigenvalue weighted by atomic mass is 16.2. The van der Waals surface area contributed by atoms with Gasteiger partial charge in [-0.05, 0) is 38.3 Å². The van der Waals surface area contributed by atoms with E-state index in [0.29, 0.717) is 13.0 Å². The van der Waals surface area contributed by atoms with E-state index in [9.17, 15) is 9.59 Å². The Bertz CT molecular complexity index is 670. The van der Waals surface area contributed by atoms with Gasteiger partial charge in [-0.1, -0.05) is 26.8 Å². The van der Waals surface area contributed by atoms with E-state index in [1.54, 1.807) is 0 Å². The van der Waals surface area contributed by atoms with Crippen molar-refractivity contribution in [3.8, 4) is 0 Å². The van der Waals surface area contributed by atoms with Crippen LogP contribution in [0.5, 0.6) is 0 Å². The highest BCUT2D eigenvalue weighted by Gasteiger charge is 2.48. The molecule has 1 aromatic rings. The molecule has 0 bridgehead atoms. The van der Waals surface area contributed by atoms with E-state index in [1.165, 1.54) is 0 Å². The first-order valence-electron chi connectivity index (χ1n) is 9.24. The maximum absolute atomic E-state index is 12.5. The van der Waals surface area contributed by atoms with Crippen LogP contribution >= 0.6 is 0 Å². The molecule has 0 aromatic carbocycles. The Morgan fingerprint density at radius 3 is 2.48 bits per heavy atom. The second-order valence-corrected chi connectivity index (χ2v) is 8.52. The number of amides is 2. The lowest BCUT2D eigenvalue weighted by Gasteiger charge is -2.46. The number of hydrogen-bond donors (Lipinski definition) is 0. The summed E-state index contributed by atoms with van der Waals surface area (Å²) < 4.78 is 0. The van der Waals surface area contributed by atoms with Gasteiger partial charge in [0.15, 0.2) is 0 Å². The summed E-state index contributed by atoms with van der Waals surface area (Å²) >= 11 is 0. The third-order valence-corrected chi connectivity index (χ3v) is 5.57. The zero-order valence-electron chi connectivity index (χ0n) is 15.8. The summed E-state index contributed by atoms with van der Waals surface area (Å²) in [5.41, 5.74) is 1.48. The summed E-state index contributed by atoms with van der Waals surface area (Å²) in [6.07, 6.45) is 3.24. The standard InChI is InChI=1S/C20H29N3O2/c1-15-6-5-7-16(21-15)14-23-17(24)8-9-20(23)10-12-22(13-11-20)18(25)19(2,3)4/h5-7H,8-14H2,1-4H3. The van der Waals surface area contributed by atoms with Gasteiger partial charge in [-0.2, -0.15) is 0 Å². The molecule has 25 heavy (non-hydrogen) atoms. The molecule has 5 heteroatoms. The van der Waals surface area contributed by atoms with E-state index in [2.05, 4.69) is 4.98 Å². The first kappa shape index (κ1) is 17.9. The van der Waals surface area contributed by atoms with E-state index in [4.69, 9.17) is 0 Å². The average Bonchev–Trinajstić information content (AvgIpc) is 2.84. The Kier molecular flexibility index (Phi) is 4.60. The van der Waals surface area contributed by atoms with Crippen LogP contribution in [0.2, 0.25) is 0 Å². The van der Waals surface area contributed by atoms with Crippen molar-refractivity contribution in [2.24, 2.45) is 5.41 Å². The molecule has 1 spiro atoms. The molecule has 2 aliphatic rings. The Labute approximate surface area is 150 Å². The Morgan fingerprint density at radius 1 is 1.20 bits per heavy atom. The number of nitrogens with zero attached hydrogens (tertiary/aromatic N) is 3. The van der Waals surface area contributed by atoms with Crippen LogP contribution in [-0.2, 0) is 16.1 Å². The van der Waals surface area contributed by atoms with Gasteiger partial charge in [0.2, 0.25) is 11.8 Å². The van der Waals surface area contributed by atoms with Crippen molar-refractivity contribution >= 4 is 11.8 Å². The van der Waals surface area contributed by atoms with Gasteiger partial charge in [-0.3, -0.25) is 14.6 Å². The van der Waals surface area contributed by atoms with Crippen LogP contribution in [0, 0.1) is 12.3 Å². The number of rotatable bonds is 2. The van der Waals surface area contributed by atoms with Gasteiger partial charge in [0.1, 0.15) is 0 Å². The maximum atomic E-state index is 12.5. The fourth-order valence-corrected chi connectivity index (χ4v) is 4.10. The highest BCUT2D eigenvalue weighted by molar-refractivity contribution is 5.82. The first-order chi connectivity index (χ1) is 11.7. The quantitative estimate of drug-likeness (QED) is 0.830. The molecule has 0 aliphatic carbocycles. The summed E-state index contributed by atoms with van der Waals surface area (Å²) in [6.45, 7) is 9.93. The summed E-state index contributed by atoms with van der Waals surface area (Å²) in [5, 5.41) is 0. The van der Waals surface area contributed by atoms with E-state index in [-0.39, 0.29) is 22.8 Å². The molecule has 3 rings (SSSR count). The van der Waals surface area contributed by atoms with E-state index in [0.717, 1.165) is 43.7 Å². The molecule has 2 aliphatic heterocycles. The van der Waals surface area contributed by atoms with Crippen molar-refractivity contribution in [2.75, 3.05) is 13.1 Å². The van der Waals surface area contributed by atoms with Crippen LogP contribution in [0.4, 0.5) is 0 Å². The number of hydrogen-bond acceptors (Lipinski definition) is 3. The molecular formula is C20H29N3O2. The summed E-state index contributed by atoms with van der Waals surface area (Å²) in [7, 11) is 0. The molecule has 2 saturated heterocycles. The van der Waals surface area contributed by atoms with Gasteiger partial charge in [0, 0.05) is 36.2 Å². The lowest BCUT2D eigenvalue weighted by Crippen LogP contribution is -2.55. The predicted octanol–water partition coefficient (Wildman–Crippen LogP) is 2.92. The fourth-order valence-electron chi connectivity index (χ4n) is 4.10. The molecule has 0 atom stereocenters. The van der Waals surface area contributed by atoms with E-state index >= 15 is 0 Å². The second-order valence-electron chi connectivity index (χ2n) is 8.52. The molecule has 0 N–H and O–H groups in total. The zero-order chi connectivity index (χ0) is 18.2. The molecule has 0 saturated carbocycles. The smallest absolute Gasteiger partial charge is 0.227 e. The molecule has 2 amide bonds. The van der Waals surface area contributed by atoms with Crippen LogP contribution in [0.3, 0.4) is 0 Å². The van der Waals surface area contributed by atoms with Crippen molar-refractivity contribution in [1.29, 1.82) is 0 Å². The predicted molar refractivity (Wildman–Crippen MR) is 96.8 cm³/mol. The van der Waals surface area contributed by atoms with Gasteiger partial charge in [0.25, 0.3) is 0 Å². The molecule has 0 unspecified atom stereocenters. The normalized spacial score (nSPS) is 20.4. The lowest BCUT2D eigenvalue weighted by atomic mass is 9.83. The summed E-state index contributed by atoms with van der Waals surface area (Å²) in [4.78, 5) is 33.6. The number of aryl methyl sites for hydroxylation is 1. The van der Waals surface area contributed by atoms with Crippen LogP contribution in [0.25, 0.3) is 0 Å². The molecular weight excluding hydrogens is 314 g/mol. The number of piperidine rings is 1. The van der Waals surface area contributed by atoms with Gasteiger partial charge < -0.3 is 9.80 Å². The van der Waals surface area contributed by atoms with E-state index in [1.807, 2.05) is 55.7 Å². The van der Waals surface area contributed by atoms with Crippen LogP contribution in [-0.4, -0.2) is 45.2 Å². The van der Waals surface area contributed by atoms with Crippen LogP contribution in [0.15, 0.2) is 18.2 Å². The maximum Gasteiger partial charge on any atom is 0.227 e.